The summed E-state index contributed by atoms with van der Waals surface area (Å²) in [5.74, 6) is 0. The molecule has 3 nitrogen and oxygen atoms in total. The second-order valence-corrected chi connectivity index (χ2v) is 4.59. The number of aromatic nitrogens is 2. The average Bonchev–Trinajstić information content (AvgIpc) is 2.82. The SMILES string of the molecule is CCn1ncc(CC(C)NC)c1-c1ccccc1. The molecule has 0 amide bonds. The summed E-state index contributed by atoms with van der Waals surface area (Å²) in [6.45, 7) is 5.22. The molecule has 0 fully saturated rings. The van der Waals surface area contributed by atoms with Crippen LogP contribution in [-0.2, 0) is 13.0 Å². The van der Waals surface area contributed by atoms with Crippen LogP contribution in [0, 0.1) is 0 Å². The molecule has 96 valence electrons. The summed E-state index contributed by atoms with van der Waals surface area (Å²) in [5.41, 5.74) is 3.81. The van der Waals surface area contributed by atoms with E-state index in [0.29, 0.717) is 6.04 Å². The van der Waals surface area contributed by atoms with E-state index >= 15 is 0 Å². The average molecular weight is 243 g/mol. The van der Waals surface area contributed by atoms with E-state index in [1.54, 1.807) is 0 Å². The van der Waals surface area contributed by atoms with Gasteiger partial charge in [0.2, 0.25) is 0 Å². The molecule has 0 spiro atoms. The first-order chi connectivity index (χ1) is 8.76. The van der Waals surface area contributed by atoms with Crippen LogP contribution in [-0.4, -0.2) is 22.9 Å². The molecule has 0 aliphatic rings. The van der Waals surface area contributed by atoms with Crippen LogP contribution in [0.4, 0.5) is 0 Å². The van der Waals surface area contributed by atoms with Crippen molar-refractivity contribution in [1.29, 1.82) is 0 Å². The smallest absolute Gasteiger partial charge is 0.0714 e. The van der Waals surface area contributed by atoms with Crippen molar-refractivity contribution in [2.45, 2.75) is 32.9 Å². The first-order valence-electron chi connectivity index (χ1n) is 6.53. The number of hydrogen-bond donors (Lipinski definition) is 1. The Bertz CT molecular complexity index is 488. The minimum atomic E-state index is 0.460. The lowest BCUT2D eigenvalue weighted by Crippen LogP contribution is -2.23. The molecular weight excluding hydrogens is 222 g/mol. The molecule has 1 heterocycles. The third-order valence-electron chi connectivity index (χ3n) is 3.28. The number of nitrogens with one attached hydrogen (secondary N) is 1. The predicted molar refractivity (Wildman–Crippen MR) is 75.6 cm³/mol. The first-order valence-corrected chi connectivity index (χ1v) is 6.53. The zero-order chi connectivity index (χ0) is 13.0. The number of nitrogens with zero attached hydrogens (tertiary/aromatic N) is 2. The van der Waals surface area contributed by atoms with Crippen LogP contribution in [0.3, 0.4) is 0 Å². The van der Waals surface area contributed by atoms with Gasteiger partial charge in [0, 0.05) is 18.2 Å². The monoisotopic (exact) mass is 243 g/mol. The van der Waals surface area contributed by atoms with Gasteiger partial charge >= 0.3 is 0 Å². The number of hydrogen-bond acceptors (Lipinski definition) is 2. The van der Waals surface area contributed by atoms with Crippen LogP contribution < -0.4 is 5.32 Å². The van der Waals surface area contributed by atoms with E-state index in [2.05, 4.69) is 53.2 Å². The van der Waals surface area contributed by atoms with Crippen molar-refractivity contribution in [2.24, 2.45) is 0 Å². The van der Waals surface area contributed by atoms with Crippen molar-refractivity contribution >= 4 is 0 Å². The Morgan fingerprint density at radius 3 is 2.61 bits per heavy atom. The van der Waals surface area contributed by atoms with E-state index in [1.807, 2.05) is 19.3 Å². The molecule has 1 aromatic heterocycles. The van der Waals surface area contributed by atoms with Gasteiger partial charge in [-0.05, 0) is 32.9 Å². The predicted octanol–water partition coefficient (Wildman–Crippen LogP) is 2.72. The Morgan fingerprint density at radius 2 is 2.00 bits per heavy atom. The first kappa shape index (κ1) is 12.8. The molecule has 3 heteroatoms. The molecule has 2 rings (SSSR count). The van der Waals surface area contributed by atoms with Crippen LogP contribution in [0.1, 0.15) is 19.4 Å². The lowest BCUT2D eigenvalue weighted by molar-refractivity contribution is 0.608. The zero-order valence-corrected chi connectivity index (χ0v) is 11.4. The van der Waals surface area contributed by atoms with Gasteiger partial charge in [-0.15, -0.1) is 0 Å². The molecule has 0 bridgehead atoms. The van der Waals surface area contributed by atoms with Crippen LogP contribution in [0.2, 0.25) is 0 Å². The van der Waals surface area contributed by atoms with Gasteiger partial charge in [-0.2, -0.15) is 5.10 Å². The van der Waals surface area contributed by atoms with E-state index in [0.717, 1.165) is 13.0 Å². The third-order valence-corrected chi connectivity index (χ3v) is 3.28. The van der Waals surface area contributed by atoms with Gasteiger partial charge in [0.1, 0.15) is 0 Å². The lowest BCUT2D eigenvalue weighted by atomic mass is 10.0. The highest BCUT2D eigenvalue weighted by Gasteiger charge is 2.13. The third kappa shape index (κ3) is 2.62. The maximum atomic E-state index is 4.49. The van der Waals surface area contributed by atoms with Crippen LogP contribution in [0.25, 0.3) is 11.3 Å². The van der Waals surface area contributed by atoms with Gasteiger partial charge in [-0.3, -0.25) is 4.68 Å². The highest BCUT2D eigenvalue weighted by Crippen LogP contribution is 2.24. The van der Waals surface area contributed by atoms with E-state index in [4.69, 9.17) is 0 Å². The molecule has 0 saturated carbocycles. The molecular formula is C15H21N3. The fraction of sp³-hybridized carbons (Fsp3) is 0.400. The summed E-state index contributed by atoms with van der Waals surface area (Å²) in [6, 6.07) is 11.0. The summed E-state index contributed by atoms with van der Waals surface area (Å²) in [4.78, 5) is 0. The van der Waals surface area contributed by atoms with Crippen molar-refractivity contribution in [2.75, 3.05) is 7.05 Å². The second-order valence-electron chi connectivity index (χ2n) is 4.59. The van der Waals surface area contributed by atoms with Gasteiger partial charge in [0.25, 0.3) is 0 Å². The Balaban J connectivity index is 2.40. The number of aryl methyl sites for hydroxylation is 1. The number of rotatable bonds is 5. The van der Waals surface area contributed by atoms with Crippen LogP contribution >= 0.6 is 0 Å². The fourth-order valence-corrected chi connectivity index (χ4v) is 2.18. The molecule has 2 aromatic rings. The van der Waals surface area contributed by atoms with E-state index in [9.17, 15) is 0 Å². The fourth-order valence-electron chi connectivity index (χ4n) is 2.18. The highest BCUT2D eigenvalue weighted by molar-refractivity contribution is 5.63. The summed E-state index contributed by atoms with van der Waals surface area (Å²) in [5, 5.41) is 7.77. The Kier molecular flexibility index (Phi) is 4.15. The van der Waals surface area contributed by atoms with Crippen molar-refractivity contribution in [3.8, 4) is 11.3 Å². The summed E-state index contributed by atoms with van der Waals surface area (Å²) >= 11 is 0. The second kappa shape index (κ2) is 5.83. The molecule has 1 N–H and O–H groups in total. The van der Waals surface area contributed by atoms with Crippen molar-refractivity contribution < 1.29 is 0 Å². The summed E-state index contributed by atoms with van der Waals surface area (Å²) < 4.78 is 2.08. The molecule has 0 saturated heterocycles. The van der Waals surface area contributed by atoms with E-state index < -0.39 is 0 Å². The Hall–Kier alpha value is -1.61. The Labute approximate surface area is 109 Å². The number of benzene rings is 1. The van der Waals surface area contributed by atoms with E-state index in [1.165, 1.54) is 16.8 Å². The molecule has 1 aromatic carbocycles. The molecule has 1 atom stereocenters. The van der Waals surface area contributed by atoms with Gasteiger partial charge in [-0.1, -0.05) is 30.3 Å². The van der Waals surface area contributed by atoms with Gasteiger partial charge < -0.3 is 5.32 Å². The lowest BCUT2D eigenvalue weighted by Gasteiger charge is -2.12. The van der Waals surface area contributed by atoms with Gasteiger partial charge in [0.05, 0.1) is 11.9 Å². The van der Waals surface area contributed by atoms with Crippen LogP contribution in [0.5, 0.6) is 0 Å². The van der Waals surface area contributed by atoms with Gasteiger partial charge in [-0.25, -0.2) is 0 Å². The largest absolute Gasteiger partial charge is 0.317 e. The van der Waals surface area contributed by atoms with Crippen LogP contribution in [0.15, 0.2) is 36.5 Å². The number of likely N-dealkylation sites (N-methyl/N-ethyl adjacent to an activating group) is 1. The zero-order valence-electron chi connectivity index (χ0n) is 11.4. The van der Waals surface area contributed by atoms with E-state index in [-0.39, 0.29) is 0 Å². The summed E-state index contributed by atoms with van der Waals surface area (Å²) in [6.07, 6.45) is 3.00. The normalized spacial score (nSPS) is 12.6. The highest BCUT2D eigenvalue weighted by atomic mass is 15.3. The maximum Gasteiger partial charge on any atom is 0.0714 e. The minimum Gasteiger partial charge on any atom is -0.317 e. The van der Waals surface area contributed by atoms with Gasteiger partial charge in [0.15, 0.2) is 0 Å². The quantitative estimate of drug-likeness (QED) is 0.875. The van der Waals surface area contributed by atoms with Crippen molar-refractivity contribution in [3.63, 3.8) is 0 Å². The summed E-state index contributed by atoms with van der Waals surface area (Å²) in [7, 11) is 2.00. The standard InChI is InChI=1S/C15H21N3/c1-4-18-15(13-8-6-5-7-9-13)14(11-17-18)10-12(2)16-3/h5-9,11-12,16H,4,10H2,1-3H3. The molecule has 1 unspecified atom stereocenters. The molecule has 0 aliphatic carbocycles. The molecule has 0 aliphatic heterocycles. The minimum absolute atomic E-state index is 0.460. The maximum absolute atomic E-state index is 4.49. The topological polar surface area (TPSA) is 29.9 Å². The van der Waals surface area contributed by atoms with Crippen molar-refractivity contribution in [3.05, 3.63) is 42.1 Å². The molecule has 0 radical (unpaired) electrons. The Morgan fingerprint density at radius 1 is 1.28 bits per heavy atom. The molecule has 18 heavy (non-hydrogen) atoms. The van der Waals surface area contributed by atoms with Crippen molar-refractivity contribution in [1.82, 2.24) is 15.1 Å².